The second kappa shape index (κ2) is 7.06. The molecular formula is C17H20FNO. The molecule has 0 saturated heterocycles. The van der Waals surface area contributed by atoms with E-state index in [0.29, 0.717) is 5.56 Å². The third-order valence-corrected chi connectivity index (χ3v) is 3.26. The normalized spacial score (nSPS) is 12.2. The van der Waals surface area contributed by atoms with Gasteiger partial charge in [-0.25, -0.2) is 4.39 Å². The first-order valence-corrected chi connectivity index (χ1v) is 6.88. The Balaban J connectivity index is 2.33. The standard InChI is InChI=1S/C17H20FNO/c1-3-12-19-17(15-6-4-5-7-16(15)18)13-8-10-14(20-2)11-9-13/h4-11,17,19H,3,12H2,1-2H3. The minimum absolute atomic E-state index is 0.137. The Bertz CT molecular complexity index is 539. The zero-order chi connectivity index (χ0) is 14.4. The molecule has 2 nitrogen and oxygen atoms in total. The van der Waals surface area contributed by atoms with Gasteiger partial charge in [0.2, 0.25) is 0 Å². The molecule has 1 N–H and O–H groups in total. The summed E-state index contributed by atoms with van der Waals surface area (Å²) in [5.74, 6) is 0.619. The van der Waals surface area contributed by atoms with E-state index in [-0.39, 0.29) is 11.9 Å². The number of hydrogen-bond acceptors (Lipinski definition) is 2. The summed E-state index contributed by atoms with van der Waals surface area (Å²) in [6, 6.07) is 14.5. The third-order valence-electron chi connectivity index (χ3n) is 3.26. The molecular weight excluding hydrogens is 253 g/mol. The van der Waals surface area contributed by atoms with Crippen LogP contribution in [0.1, 0.15) is 30.5 Å². The van der Waals surface area contributed by atoms with Crippen molar-refractivity contribution in [1.82, 2.24) is 5.32 Å². The first-order valence-electron chi connectivity index (χ1n) is 6.88. The Hall–Kier alpha value is -1.87. The molecule has 2 rings (SSSR count). The van der Waals surface area contributed by atoms with Crippen molar-refractivity contribution in [1.29, 1.82) is 0 Å². The Labute approximate surface area is 119 Å². The fourth-order valence-electron chi connectivity index (χ4n) is 2.20. The second-order valence-electron chi connectivity index (χ2n) is 4.68. The summed E-state index contributed by atoms with van der Waals surface area (Å²) < 4.78 is 19.2. The fourth-order valence-corrected chi connectivity index (χ4v) is 2.20. The molecule has 0 aliphatic rings. The van der Waals surface area contributed by atoms with Gasteiger partial charge in [0.1, 0.15) is 11.6 Å². The zero-order valence-electron chi connectivity index (χ0n) is 11.9. The highest BCUT2D eigenvalue weighted by atomic mass is 19.1. The Morgan fingerprint density at radius 3 is 2.40 bits per heavy atom. The van der Waals surface area contributed by atoms with Gasteiger partial charge in [-0.05, 0) is 36.7 Å². The van der Waals surface area contributed by atoms with E-state index in [1.54, 1.807) is 13.2 Å². The van der Waals surface area contributed by atoms with Crippen LogP contribution < -0.4 is 10.1 Å². The van der Waals surface area contributed by atoms with Gasteiger partial charge in [0.15, 0.2) is 0 Å². The minimum Gasteiger partial charge on any atom is -0.497 e. The van der Waals surface area contributed by atoms with Crippen molar-refractivity contribution in [2.45, 2.75) is 19.4 Å². The van der Waals surface area contributed by atoms with Gasteiger partial charge in [0.25, 0.3) is 0 Å². The molecule has 3 heteroatoms. The van der Waals surface area contributed by atoms with Gasteiger partial charge in [-0.2, -0.15) is 0 Å². The quantitative estimate of drug-likeness (QED) is 0.861. The maximum absolute atomic E-state index is 14.0. The van der Waals surface area contributed by atoms with Gasteiger partial charge in [-0.1, -0.05) is 37.3 Å². The van der Waals surface area contributed by atoms with Crippen LogP contribution in [0.3, 0.4) is 0 Å². The molecule has 0 radical (unpaired) electrons. The van der Waals surface area contributed by atoms with Crippen molar-refractivity contribution in [3.05, 3.63) is 65.5 Å². The zero-order valence-corrected chi connectivity index (χ0v) is 11.9. The predicted octanol–water partition coefficient (Wildman–Crippen LogP) is 3.92. The van der Waals surface area contributed by atoms with E-state index in [4.69, 9.17) is 4.74 Å². The number of rotatable bonds is 6. The lowest BCUT2D eigenvalue weighted by atomic mass is 9.98. The van der Waals surface area contributed by atoms with Crippen LogP contribution in [0, 0.1) is 5.82 Å². The lowest BCUT2D eigenvalue weighted by Crippen LogP contribution is -2.24. The van der Waals surface area contributed by atoms with Crippen LogP contribution in [-0.4, -0.2) is 13.7 Å². The fraction of sp³-hybridized carbons (Fsp3) is 0.294. The van der Waals surface area contributed by atoms with E-state index in [0.717, 1.165) is 24.3 Å². The SMILES string of the molecule is CCCNC(c1ccc(OC)cc1)c1ccccc1F. The van der Waals surface area contributed by atoms with E-state index in [1.165, 1.54) is 6.07 Å². The number of nitrogens with one attached hydrogen (secondary N) is 1. The number of hydrogen-bond donors (Lipinski definition) is 1. The maximum atomic E-state index is 14.0. The average molecular weight is 273 g/mol. The highest BCUT2D eigenvalue weighted by Gasteiger charge is 2.16. The van der Waals surface area contributed by atoms with E-state index in [9.17, 15) is 4.39 Å². The summed E-state index contributed by atoms with van der Waals surface area (Å²) in [4.78, 5) is 0. The third kappa shape index (κ3) is 3.36. The Morgan fingerprint density at radius 1 is 1.10 bits per heavy atom. The van der Waals surface area contributed by atoms with Gasteiger partial charge < -0.3 is 10.1 Å². The van der Waals surface area contributed by atoms with Crippen LogP contribution in [-0.2, 0) is 0 Å². The van der Waals surface area contributed by atoms with E-state index < -0.39 is 0 Å². The van der Waals surface area contributed by atoms with Crippen LogP contribution in [0.15, 0.2) is 48.5 Å². The summed E-state index contributed by atoms with van der Waals surface area (Å²) in [7, 11) is 1.64. The van der Waals surface area contributed by atoms with Crippen molar-refractivity contribution in [3.63, 3.8) is 0 Å². The average Bonchev–Trinajstić information content (AvgIpc) is 2.50. The first-order chi connectivity index (χ1) is 9.76. The second-order valence-corrected chi connectivity index (χ2v) is 4.68. The first kappa shape index (κ1) is 14.5. The van der Waals surface area contributed by atoms with Crippen LogP contribution in [0.2, 0.25) is 0 Å². The number of benzene rings is 2. The monoisotopic (exact) mass is 273 g/mol. The highest BCUT2D eigenvalue weighted by molar-refractivity contribution is 5.36. The molecule has 106 valence electrons. The summed E-state index contributed by atoms with van der Waals surface area (Å²) in [5.41, 5.74) is 1.70. The molecule has 1 atom stereocenters. The molecule has 2 aromatic carbocycles. The summed E-state index contributed by atoms with van der Waals surface area (Å²) >= 11 is 0. The van der Waals surface area contributed by atoms with Crippen molar-refractivity contribution in [2.24, 2.45) is 0 Å². The Kier molecular flexibility index (Phi) is 5.13. The van der Waals surface area contributed by atoms with Crippen molar-refractivity contribution >= 4 is 0 Å². The molecule has 0 spiro atoms. The molecule has 1 unspecified atom stereocenters. The number of methoxy groups -OCH3 is 1. The predicted molar refractivity (Wildman–Crippen MR) is 79.5 cm³/mol. The van der Waals surface area contributed by atoms with Gasteiger partial charge in [0.05, 0.1) is 13.2 Å². The van der Waals surface area contributed by atoms with Crippen molar-refractivity contribution in [3.8, 4) is 5.75 Å². The Morgan fingerprint density at radius 2 is 1.80 bits per heavy atom. The summed E-state index contributed by atoms with van der Waals surface area (Å²) in [6.07, 6.45) is 1.00. The summed E-state index contributed by atoms with van der Waals surface area (Å²) in [5, 5.41) is 3.40. The molecule has 0 fully saturated rings. The highest BCUT2D eigenvalue weighted by Crippen LogP contribution is 2.26. The van der Waals surface area contributed by atoms with Gasteiger partial charge in [-0.15, -0.1) is 0 Å². The topological polar surface area (TPSA) is 21.3 Å². The lowest BCUT2D eigenvalue weighted by Gasteiger charge is -2.20. The van der Waals surface area contributed by atoms with Gasteiger partial charge >= 0.3 is 0 Å². The molecule has 20 heavy (non-hydrogen) atoms. The molecule has 0 bridgehead atoms. The number of halogens is 1. The minimum atomic E-state index is -0.183. The molecule has 2 aromatic rings. The molecule has 0 aliphatic carbocycles. The van der Waals surface area contributed by atoms with Crippen LogP contribution in [0.5, 0.6) is 5.75 Å². The van der Waals surface area contributed by atoms with Crippen molar-refractivity contribution < 1.29 is 9.13 Å². The van der Waals surface area contributed by atoms with Crippen molar-refractivity contribution in [2.75, 3.05) is 13.7 Å². The van der Waals surface area contributed by atoms with E-state index >= 15 is 0 Å². The maximum Gasteiger partial charge on any atom is 0.128 e. The smallest absolute Gasteiger partial charge is 0.128 e. The molecule has 0 aromatic heterocycles. The largest absolute Gasteiger partial charge is 0.497 e. The summed E-state index contributed by atoms with van der Waals surface area (Å²) in [6.45, 7) is 2.93. The van der Waals surface area contributed by atoms with E-state index in [2.05, 4.69) is 12.2 Å². The van der Waals surface area contributed by atoms with Crippen LogP contribution in [0.25, 0.3) is 0 Å². The van der Waals surface area contributed by atoms with Crippen LogP contribution >= 0.6 is 0 Å². The lowest BCUT2D eigenvalue weighted by molar-refractivity contribution is 0.414. The van der Waals surface area contributed by atoms with Gasteiger partial charge in [0, 0.05) is 5.56 Å². The molecule has 0 aliphatic heterocycles. The molecule has 0 amide bonds. The number of ether oxygens (including phenoxy) is 1. The van der Waals surface area contributed by atoms with Gasteiger partial charge in [-0.3, -0.25) is 0 Å². The molecule has 0 heterocycles. The molecule has 0 saturated carbocycles. The van der Waals surface area contributed by atoms with E-state index in [1.807, 2.05) is 36.4 Å². The van der Waals surface area contributed by atoms with Crippen LogP contribution in [0.4, 0.5) is 4.39 Å².